The largest absolute Gasteiger partial charge is 0.208 e. The predicted octanol–water partition coefficient (Wildman–Crippen LogP) is 11.7. The van der Waals surface area contributed by atoms with Gasteiger partial charge in [-0.25, -0.2) is 15.0 Å². The van der Waals surface area contributed by atoms with E-state index in [0.717, 1.165) is 21.0 Å². The summed E-state index contributed by atoms with van der Waals surface area (Å²) in [5.74, 6) is -0.880. The molecule has 0 aliphatic carbocycles. The molecule has 0 spiro atoms. The summed E-state index contributed by atoms with van der Waals surface area (Å²) in [5, 5.41) is 2.91. The maximum Gasteiger partial charge on any atom is 0.164 e. The molecule has 3 nitrogen and oxygen atoms in total. The molecule has 0 atom stereocenters. The van der Waals surface area contributed by atoms with Gasteiger partial charge in [0.05, 0.1) is 20.6 Å². The lowest BCUT2D eigenvalue weighted by Gasteiger charge is -2.16. The van der Waals surface area contributed by atoms with E-state index in [4.69, 9.17) is 20.6 Å². The zero-order valence-electron chi connectivity index (χ0n) is 39.2. The molecule has 0 saturated heterocycles. The fraction of sp³-hybridized carbons (Fsp3) is 0. The maximum absolute atomic E-state index is 8.98. The van der Waals surface area contributed by atoms with Crippen molar-refractivity contribution in [3.8, 4) is 56.4 Å². The van der Waals surface area contributed by atoms with E-state index in [9.17, 15) is 0 Å². The quantitative estimate of drug-likeness (QED) is 0.189. The molecule has 9 rings (SSSR count). The summed E-state index contributed by atoms with van der Waals surface area (Å²) in [6.45, 7) is 0. The highest BCUT2D eigenvalue weighted by molar-refractivity contribution is 7.26. The Morgan fingerprint density at radius 2 is 0.915 bits per heavy atom. The predicted molar refractivity (Wildman–Crippen MR) is 197 cm³/mol. The summed E-state index contributed by atoms with van der Waals surface area (Å²) in [7, 11) is 0. The van der Waals surface area contributed by atoms with Gasteiger partial charge in [0.25, 0.3) is 0 Å². The normalized spacial score (nSPS) is 15.9. The van der Waals surface area contributed by atoms with Crippen molar-refractivity contribution in [3.63, 3.8) is 0 Å². The monoisotopic (exact) mass is 632 g/mol. The number of aromatic nitrogens is 3. The van der Waals surface area contributed by atoms with Crippen molar-refractivity contribution in [2.45, 2.75) is 0 Å². The first kappa shape index (κ1) is 16.0. The summed E-state index contributed by atoms with van der Waals surface area (Å²) in [6, 6.07) is 13.6. The zero-order valence-corrected chi connectivity index (χ0v) is 25.0. The van der Waals surface area contributed by atoms with Gasteiger partial charge < -0.3 is 0 Å². The van der Waals surface area contributed by atoms with Crippen molar-refractivity contribution in [1.82, 2.24) is 15.0 Å². The number of nitrogens with zero attached hydrogens (tertiary/aromatic N) is 3. The Morgan fingerprint density at radius 1 is 0.426 bits per heavy atom. The van der Waals surface area contributed by atoms with Crippen molar-refractivity contribution in [2.75, 3.05) is 0 Å². The Hall–Kier alpha value is -5.97. The Labute approximate surface area is 297 Å². The first-order valence-electron chi connectivity index (χ1n) is 22.0. The van der Waals surface area contributed by atoms with E-state index in [1.54, 1.807) is 18.2 Å². The van der Waals surface area contributed by atoms with Crippen molar-refractivity contribution < 1.29 is 20.6 Å². The van der Waals surface area contributed by atoms with E-state index in [-0.39, 0.29) is 46.2 Å². The molecule has 47 heavy (non-hydrogen) atoms. The summed E-state index contributed by atoms with van der Waals surface area (Å²) >= 11 is 1.42. The molecule has 4 heteroatoms. The lowest BCUT2D eigenvalue weighted by atomic mass is 9.88. The molecular formula is C43H27N3S. The molecule has 0 fully saturated rings. The topological polar surface area (TPSA) is 38.7 Å². The first-order chi connectivity index (χ1) is 29.5. The Morgan fingerprint density at radius 3 is 1.53 bits per heavy atom. The van der Waals surface area contributed by atoms with Crippen LogP contribution in [0.1, 0.15) is 20.6 Å². The van der Waals surface area contributed by atoms with Gasteiger partial charge >= 0.3 is 0 Å². The number of hydrogen-bond donors (Lipinski definition) is 0. The van der Waals surface area contributed by atoms with Crippen molar-refractivity contribution in [1.29, 1.82) is 0 Å². The second-order valence-electron chi connectivity index (χ2n) is 10.5. The molecule has 9 aromatic rings. The third-order valence-corrected chi connectivity index (χ3v) is 8.97. The molecule has 2 aromatic heterocycles. The maximum atomic E-state index is 8.98. The summed E-state index contributed by atoms with van der Waals surface area (Å²) in [5.41, 5.74) is 1.48. The van der Waals surface area contributed by atoms with Gasteiger partial charge in [0.1, 0.15) is 0 Å². The van der Waals surface area contributed by atoms with Crippen LogP contribution in [0.4, 0.5) is 0 Å². The van der Waals surface area contributed by atoms with Crippen LogP contribution < -0.4 is 0 Å². The van der Waals surface area contributed by atoms with Crippen LogP contribution in [0.3, 0.4) is 0 Å². The van der Waals surface area contributed by atoms with E-state index < -0.39 is 78.6 Å². The van der Waals surface area contributed by atoms with Gasteiger partial charge in [0, 0.05) is 42.4 Å². The molecule has 0 amide bonds. The Kier molecular flexibility index (Phi) is 3.90. The minimum atomic E-state index is -0.653. The minimum absolute atomic E-state index is 0.0644. The SMILES string of the molecule is [2H]c1c([2H])c([2H])c(-c2nc(-c3cccc(-c4c5ccccc5c(-c5c([2H])c([2H])c([2H])c([2H])c5[2H])c5sc6ccccc6c45)c3)nc(-c3c([2H])c([2H])c([2H])c([2H])c3[2H])n2)c([2H])c1[2H]. The van der Waals surface area contributed by atoms with Crippen molar-refractivity contribution in [2.24, 2.45) is 0 Å². The van der Waals surface area contributed by atoms with Gasteiger partial charge in [-0.05, 0) is 39.6 Å². The second kappa shape index (κ2) is 11.4. The van der Waals surface area contributed by atoms with Crippen LogP contribution in [0.25, 0.3) is 87.4 Å². The number of thiophene rings is 1. The second-order valence-corrected chi connectivity index (χ2v) is 11.5. The minimum Gasteiger partial charge on any atom is -0.208 e. The molecule has 0 aliphatic heterocycles. The fourth-order valence-electron chi connectivity index (χ4n) is 5.83. The lowest BCUT2D eigenvalue weighted by molar-refractivity contribution is 1.07. The smallest absolute Gasteiger partial charge is 0.164 e. The van der Waals surface area contributed by atoms with Gasteiger partial charge in [0.2, 0.25) is 0 Å². The number of hydrogen-bond acceptors (Lipinski definition) is 4. The summed E-state index contributed by atoms with van der Waals surface area (Å²) in [6.07, 6.45) is 0. The standard InChI is InChI=1S/C43H27N3S/c1-4-15-28(16-5-1)38-34-24-11-10-23-33(34)37(39-35-25-12-13-26-36(35)47-40(38)39)31-21-14-22-32(27-31)43-45-41(29-17-6-2-7-18-29)44-42(46-43)30-19-8-3-9-20-30/h1-27H/i1D,2D,3D,4D,5D,6D,7D,8D,9D,15D,16D,17D,18D,19D,20D. The lowest BCUT2D eigenvalue weighted by Crippen LogP contribution is -2.00. The van der Waals surface area contributed by atoms with Crippen molar-refractivity contribution >= 4 is 42.3 Å². The van der Waals surface area contributed by atoms with Gasteiger partial charge in [-0.2, -0.15) is 0 Å². The van der Waals surface area contributed by atoms with Crippen LogP contribution in [0, 0.1) is 0 Å². The molecule has 7 aromatic carbocycles. The highest BCUT2D eigenvalue weighted by Gasteiger charge is 2.21. The highest BCUT2D eigenvalue weighted by atomic mass is 32.1. The Bertz CT molecular complexity index is 3270. The molecule has 0 radical (unpaired) electrons. The zero-order chi connectivity index (χ0) is 44.2. The van der Waals surface area contributed by atoms with E-state index in [1.807, 2.05) is 54.6 Å². The summed E-state index contributed by atoms with van der Waals surface area (Å²) < 4.78 is 129. The molecule has 0 bridgehead atoms. The summed E-state index contributed by atoms with van der Waals surface area (Å²) in [4.78, 5) is 13.6. The van der Waals surface area contributed by atoms with Gasteiger partial charge in [-0.1, -0.05) is 151 Å². The number of rotatable bonds is 5. The number of fused-ring (bicyclic) bond motifs is 4. The Balaban J connectivity index is 1.37. The molecular weight excluding hydrogens is 591 g/mol. The molecule has 0 unspecified atom stereocenters. The number of benzene rings is 7. The van der Waals surface area contributed by atoms with Crippen molar-refractivity contribution in [3.05, 3.63) is 163 Å². The third kappa shape index (κ3) is 4.78. The van der Waals surface area contributed by atoms with Crippen LogP contribution >= 0.6 is 11.3 Å². The van der Waals surface area contributed by atoms with E-state index in [2.05, 4.69) is 15.0 Å². The van der Waals surface area contributed by atoms with Gasteiger partial charge in [-0.3, -0.25) is 0 Å². The van der Waals surface area contributed by atoms with E-state index >= 15 is 0 Å². The van der Waals surface area contributed by atoms with E-state index in [1.165, 1.54) is 11.3 Å². The van der Waals surface area contributed by atoms with Crippen LogP contribution in [0.2, 0.25) is 0 Å². The highest BCUT2D eigenvalue weighted by Crippen LogP contribution is 2.50. The van der Waals surface area contributed by atoms with Crippen LogP contribution in [-0.2, 0) is 0 Å². The van der Waals surface area contributed by atoms with Gasteiger partial charge in [-0.15, -0.1) is 11.3 Å². The van der Waals surface area contributed by atoms with Crippen LogP contribution in [-0.4, -0.2) is 15.0 Å². The average molecular weight is 633 g/mol. The molecule has 0 aliphatic rings. The third-order valence-electron chi connectivity index (χ3n) is 7.78. The molecule has 0 saturated carbocycles. The van der Waals surface area contributed by atoms with Crippen LogP contribution in [0.15, 0.2) is 163 Å². The molecule has 220 valence electrons. The van der Waals surface area contributed by atoms with E-state index in [0.29, 0.717) is 32.2 Å². The molecule has 2 heterocycles. The first-order valence-corrected chi connectivity index (χ1v) is 15.3. The fourth-order valence-corrected chi connectivity index (χ4v) is 7.11. The van der Waals surface area contributed by atoms with Gasteiger partial charge in [0.15, 0.2) is 17.5 Å². The van der Waals surface area contributed by atoms with Crippen LogP contribution in [0.5, 0.6) is 0 Å². The molecule has 0 N–H and O–H groups in total. The average Bonchev–Trinajstić information content (AvgIpc) is 3.66.